The Bertz CT molecular complexity index is 594. The number of nitrogens with zero attached hydrogens (tertiary/aromatic N) is 2. The average molecular weight is 294 g/mol. The normalized spacial score (nSPS) is 11.8. The number of aromatic nitrogens is 2. The zero-order valence-corrected chi connectivity index (χ0v) is 13.3. The molecule has 0 aliphatic rings. The van der Waals surface area contributed by atoms with Crippen molar-refractivity contribution in [3.63, 3.8) is 0 Å². The van der Waals surface area contributed by atoms with Crippen molar-refractivity contribution in [1.82, 2.24) is 9.97 Å². The first-order valence-corrected chi connectivity index (χ1v) is 7.74. The summed E-state index contributed by atoms with van der Waals surface area (Å²) in [5.41, 5.74) is -0.418. The second kappa shape index (κ2) is 5.93. The first-order valence-electron chi connectivity index (χ1n) is 6.92. The summed E-state index contributed by atoms with van der Waals surface area (Å²) in [5.74, 6) is 1.40. The Balaban J connectivity index is 2.50. The molecule has 0 aliphatic heterocycles. The standard InChI is InChI=1S/C14H22N4OS/c1-5-9-7-10-11(18-14(3,4)8-19)16-13(15-6-2)17-12(10)20-9/h7,19H,5-6,8H2,1-4H3,(H2,15,16,17,18). The molecule has 20 heavy (non-hydrogen) atoms. The Labute approximate surface area is 123 Å². The van der Waals surface area contributed by atoms with Gasteiger partial charge in [0.15, 0.2) is 0 Å². The van der Waals surface area contributed by atoms with Crippen molar-refractivity contribution in [2.24, 2.45) is 0 Å². The molecule has 110 valence electrons. The van der Waals surface area contributed by atoms with Crippen LogP contribution in [-0.2, 0) is 6.42 Å². The summed E-state index contributed by atoms with van der Waals surface area (Å²) < 4.78 is 0. The number of hydrogen-bond acceptors (Lipinski definition) is 6. The van der Waals surface area contributed by atoms with Gasteiger partial charge in [-0.05, 0) is 33.3 Å². The number of nitrogens with one attached hydrogen (secondary N) is 2. The second-order valence-electron chi connectivity index (χ2n) is 5.38. The van der Waals surface area contributed by atoms with Crippen LogP contribution in [0.25, 0.3) is 10.2 Å². The summed E-state index contributed by atoms with van der Waals surface area (Å²) in [6.45, 7) is 8.86. The smallest absolute Gasteiger partial charge is 0.226 e. The minimum absolute atomic E-state index is 0.0415. The van der Waals surface area contributed by atoms with Crippen LogP contribution in [0.1, 0.15) is 32.6 Å². The van der Waals surface area contributed by atoms with E-state index in [1.165, 1.54) is 4.88 Å². The maximum Gasteiger partial charge on any atom is 0.226 e. The molecule has 3 N–H and O–H groups in total. The van der Waals surface area contributed by atoms with Gasteiger partial charge in [0.05, 0.1) is 17.5 Å². The summed E-state index contributed by atoms with van der Waals surface area (Å²) >= 11 is 1.69. The van der Waals surface area contributed by atoms with Crippen molar-refractivity contribution in [2.45, 2.75) is 39.7 Å². The van der Waals surface area contributed by atoms with E-state index in [0.717, 1.165) is 29.0 Å². The Morgan fingerprint density at radius 2 is 2.05 bits per heavy atom. The lowest BCUT2D eigenvalue weighted by molar-refractivity contribution is 0.234. The third-order valence-electron chi connectivity index (χ3n) is 2.98. The molecule has 2 heterocycles. The van der Waals surface area contributed by atoms with Crippen molar-refractivity contribution < 1.29 is 5.11 Å². The lowest BCUT2D eigenvalue weighted by Crippen LogP contribution is -2.35. The average Bonchev–Trinajstić information content (AvgIpc) is 2.82. The van der Waals surface area contributed by atoms with E-state index in [0.29, 0.717) is 5.95 Å². The van der Waals surface area contributed by atoms with Crippen LogP contribution in [0.4, 0.5) is 11.8 Å². The molecule has 0 radical (unpaired) electrons. The highest BCUT2D eigenvalue weighted by Gasteiger charge is 2.20. The number of aliphatic hydroxyl groups excluding tert-OH is 1. The largest absolute Gasteiger partial charge is 0.394 e. The maximum atomic E-state index is 9.43. The molecule has 0 amide bonds. The second-order valence-corrected chi connectivity index (χ2v) is 6.49. The van der Waals surface area contributed by atoms with Gasteiger partial charge in [0, 0.05) is 11.4 Å². The first kappa shape index (κ1) is 15.0. The molecule has 0 fully saturated rings. The molecule has 0 saturated heterocycles. The zero-order chi connectivity index (χ0) is 14.8. The number of fused-ring (bicyclic) bond motifs is 1. The van der Waals surface area contributed by atoms with Gasteiger partial charge in [-0.2, -0.15) is 4.98 Å². The van der Waals surface area contributed by atoms with Gasteiger partial charge in [-0.3, -0.25) is 0 Å². The van der Waals surface area contributed by atoms with Crippen LogP contribution in [-0.4, -0.2) is 33.8 Å². The van der Waals surface area contributed by atoms with Gasteiger partial charge >= 0.3 is 0 Å². The number of thiophene rings is 1. The number of aliphatic hydroxyl groups is 1. The Kier molecular flexibility index (Phi) is 4.45. The number of rotatable bonds is 6. The van der Waals surface area contributed by atoms with Crippen LogP contribution in [0, 0.1) is 0 Å². The highest BCUT2D eigenvalue weighted by molar-refractivity contribution is 7.18. The van der Waals surface area contributed by atoms with Gasteiger partial charge in [0.25, 0.3) is 0 Å². The predicted molar refractivity (Wildman–Crippen MR) is 85.7 cm³/mol. The van der Waals surface area contributed by atoms with Crippen LogP contribution in [0.15, 0.2) is 6.07 Å². The summed E-state index contributed by atoms with van der Waals surface area (Å²) in [4.78, 5) is 11.3. The van der Waals surface area contributed by atoms with Crippen molar-refractivity contribution >= 4 is 33.3 Å². The van der Waals surface area contributed by atoms with Crippen LogP contribution in [0.3, 0.4) is 0 Å². The molecule has 2 rings (SSSR count). The molecular weight excluding hydrogens is 272 g/mol. The predicted octanol–water partition coefficient (Wildman–Crippen LogP) is 2.87. The van der Waals surface area contributed by atoms with Crippen LogP contribution < -0.4 is 10.6 Å². The van der Waals surface area contributed by atoms with Crippen molar-refractivity contribution in [2.75, 3.05) is 23.8 Å². The SMILES string of the molecule is CCNc1nc(NC(C)(C)CO)c2cc(CC)sc2n1. The quantitative estimate of drug-likeness (QED) is 0.764. The van der Waals surface area contributed by atoms with E-state index in [4.69, 9.17) is 0 Å². The van der Waals surface area contributed by atoms with Gasteiger partial charge in [-0.1, -0.05) is 6.92 Å². The fourth-order valence-corrected chi connectivity index (χ4v) is 2.81. The van der Waals surface area contributed by atoms with E-state index in [9.17, 15) is 5.11 Å². The number of anilines is 2. The minimum atomic E-state index is -0.418. The molecule has 0 atom stereocenters. The molecule has 0 aliphatic carbocycles. The summed E-state index contributed by atoms with van der Waals surface area (Å²) in [7, 11) is 0. The van der Waals surface area contributed by atoms with Gasteiger partial charge in [-0.25, -0.2) is 4.98 Å². The molecule has 2 aromatic rings. The molecule has 6 heteroatoms. The summed E-state index contributed by atoms with van der Waals surface area (Å²) in [6, 6.07) is 2.13. The van der Waals surface area contributed by atoms with E-state index >= 15 is 0 Å². The molecule has 0 unspecified atom stereocenters. The van der Waals surface area contributed by atoms with Crippen molar-refractivity contribution in [3.05, 3.63) is 10.9 Å². The minimum Gasteiger partial charge on any atom is -0.394 e. The highest BCUT2D eigenvalue weighted by atomic mass is 32.1. The highest BCUT2D eigenvalue weighted by Crippen LogP contribution is 2.31. The summed E-state index contributed by atoms with van der Waals surface area (Å²) in [6.07, 6.45) is 0.987. The monoisotopic (exact) mass is 294 g/mol. The fourth-order valence-electron chi connectivity index (χ4n) is 1.84. The molecule has 5 nitrogen and oxygen atoms in total. The molecule has 2 aromatic heterocycles. The van der Waals surface area contributed by atoms with E-state index in [2.05, 4.69) is 33.6 Å². The molecule has 0 aromatic carbocycles. The van der Waals surface area contributed by atoms with Crippen molar-refractivity contribution in [1.29, 1.82) is 0 Å². The maximum absolute atomic E-state index is 9.43. The topological polar surface area (TPSA) is 70.1 Å². The zero-order valence-electron chi connectivity index (χ0n) is 12.4. The van der Waals surface area contributed by atoms with Crippen molar-refractivity contribution in [3.8, 4) is 0 Å². The first-order chi connectivity index (χ1) is 9.49. The number of aryl methyl sites for hydroxylation is 1. The third-order valence-corrected chi connectivity index (χ3v) is 4.15. The third kappa shape index (κ3) is 3.19. The van der Waals surface area contributed by atoms with E-state index < -0.39 is 5.54 Å². The van der Waals surface area contributed by atoms with Gasteiger partial charge in [0.1, 0.15) is 10.6 Å². The van der Waals surface area contributed by atoms with Gasteiger partial charge < -0.3 is 15.7 Å². The molecule has 0 spiro atoms. The Morgan fingerprint density at radius 3 is 2.65 bits per heavy atom. The van der Waals surface area contributed by atoms with Crippen LogP contribution >= 0.6 is 11.3 Å². The Hall–Kier alpha value is -1.40. The van der Waals surface area contributed by atoms with Gasteiger partial charge in [0.2, 0.25) is 5.95 Å². The molecule has 0 saturated carbocycles. The van der Waals surface area contributed by atoms with Crippen LogP contribution in [0.5, 0.6) is 0 Å². The molecule has 0 bridgehead atoms. The van der Waals surface area contributed by atoms with E-state index in [1.807, 2.05) is 20.8 Å². The lowest BCUT2D eigenvalue weighted by Gasteiger charge is -2.24. The molecular formula is C14H22N4OS. The van der Waals surface area contributed by atoms with E-state index in [1.54, 1.807) is 11.3 Å². The summed E-state index contributed by atoms with van der Waals surface area (Å²) in [5, 5.41) is 16.9. The van der Waals surface area contributed by atoms with E-state index in [-0.39, 0.29) is 6.61 Å². The Morgan fingerprint density at radius 1 is 1.30 bits per heavy atom. The van der Waals surface area contributed by atoms with Gasteiger partial charge in [-0.15, -0.1) is 11.3 Å². The number of hydrogen-bond donors (Lipinski definition) is 3. The van der Waals surface area contributed by atoms with Crippen LogP contribution in [0.2, 0.25) is 0 Å². The fraction of sp³-hybridized carbons (Fsp3) is 0.571. The lowest BCUT2D eigenvalue weighted by atomic mass is 10.1.